The quantitative estimate of drug-likeness (QED) is 0.890. The van der Waals surface area contributed by atoms with E-state index < -0.39 is 5.97 Å². The number of carboxylic acids is 1. The highest BCUT2D eigenvalue weighted by atomic mass is 19.1. The molecule has 0 atom stereocenters. The van der Waals surface area contributed by atoms with E-state index in [0.717, 1.165) is 5.56 Å². The third-order valence-electron chi connectivity index (χ3n) is 2.82. The summed E-state index contributed by atoms with van der Waals surface area (Å²) in [6.07, 6.45) is 0. The average Bonchev–Trinajstić information content (AvgIpc) is 2.41. The first kappa shape index (κ1) is 13.0. The van der Waals surface area contributed by atoms with E-state index in [-0.39, 0.29) is 17.2 Å². The Hall–Kier alpha value is -2.43. The van der Waals surface area contributed by atoms with Crippen molar-refractivity contribution >= 4 is 11.8 Å². The van der Waals surface area contributed by atoms with Crippen LogP contribution in [0.2, 0.25) is 0 Å². The minimum atomic E-state index is -1.04. The van der Waals surface area contributed by atoms with Crippen molar-refractivity contribution in [1.29, 1.82) is 0 Å². The summed E-state index contributed by atoms with van der Waals surface area (Å²) in [5, 5.41) is 11.8. The molecule has 98 valence electrons. The SMILES string of the molecule is CNc1nc(-c2ccc(F)c(C)c2)ccc1C(=O)O. The van der Waals surface area contributed by atoms with Crippen molar-refractivity contribution < 1.29 is 14.3 Å². The molecule has 1 aromatic carbocycles. The molecule has 0 bridgehead atoms. The number of halogens is 1. The van der Waals surface area contributed by atoms with Crippen LogP contribution in [0.3, 0.4) is 0 Å². The van der Waals surface area contributed by atoms with E-state index in [1.54, 1.807) is 32.2 Å². The van der Waals surface area contributed by atoms with Crippen LogP contribution in [0.1, 0.15) is 15.9 Å². The molecule has 1 heterocycles. The molecule has 4 nitrogen and oxygen atoms in total. The molecular weight excluding hydrogens is 247 g/mol. The van der Waals surface area contributed by atoms with Crippen LogP contribution in [0.4, 0.5) is 10.2 Å². The summed E-state index contributed by atoms with van der Waals surface area (Å²) in [5.74, 6) is -1.04. The zero-order valence-electron chi connectivity index (χ0n) is 10.6. The van der Waals surface area contributed by atoms with Gasteiger partial charge in [-0.2, -0.15) is 0 Å². The summed E-state index contributed by atoms with van der Waals surface area (Å²) in [7, 11) is 1.61. The van der Waals surface area contributed by atoms with Gasteiger partial charge in [0.15, 0.2) is 0 Å². The minimum Gasteiger partial charge on any atom is -0.478 e. The van der Waals surface area contributed by atoms with Gasteiger partial charge < -0.3 is 10.4 Å². The number of hydrogen-bond donors (Lipinski definition) is 2. The maximum atomic E-state index is 13.2. The van der Waals surface area contributed by atoms with Gasteiger partial charge in [-0.25, -0.2) is 14.2 Å². The van der Waals surface area contributed by atoms with Crippen LogP contribution < -0.4 is 5.32 Å². The van der Waals surface area contributed by atoms with Crippen molar-refractivity contribution in [1.82, 2.24) is 4.98 Å². The fraction of sp³-hybridized carbons (Fsp3) is 0.143. The standard InChI is InChI=1S/C14H13FN2O2/c1-8-7-9(3-5-11(8)15)12-6-4-10(14(18)19)13(16-2)17-12/h3-7H,1-2H3,(H,16,17)(H,18,19). The largest absolute Gasteiger partial charge is 0.478 e. The molecule has 1 aromatic heterocycles. The maximum Gasteiger partial charge on any atom is 0.339 e. The van der Waals surface area contributed by atoms with Crippen LogP contribution in [0.15, 0.2) is 30.3 Å². The number of benzene rings is 1. The molecule has 2 N–H and O–H groups in total. The molecule has 0 unspecified atom stereocenters. The van der Waals surface area contributed by atoms with Gasteiger partial charge in [0.05, 0.1) is 5.69 Å². The number of nitrogens with one attached hydrogen (secondary N) is 1. The molecule has 2 aromatic rings. The molecule has 0 fully saturated rings. The van der Waals surface area contributed by atoms with Gasteiger partial charge in [0, 0.05) is 12.6 Å². The van der Waals surface area contributed by atoms with Crippen LogP contribution >= 0.6 is 0 Å². The van der Waals surface area contributed by atoms with Crippen molar-refractivity contribution in [3.63, 3.8) is 0 Å². The summed E-state index contributed by atoms with van der Waals surface area (Å²) in [6.45, 7) is 1.67. The van der Waals surface area contributed by atoms with Crippen LogP contribution in [-0.4, -0.2) is 23.1 Å². The minimum absolute atomic E-state index is 0.102. The van der Waals surface area contributed by atoms with Gasteiger partial charge in [-0.1, -0.05) is 0 Å². The van der Waals surface area contributed by atoms with Gasteiger partial charge in [-0.3, -0.25) is 0 Å². The number of carbonyl (C=O) groups is 1. The molecular formula is C14H13FN2O2. The topological polar surface area (TPSA) is 62.2 Å². The predicted molar refractivity (Wildman–Crippen MR) is 70.9 cm³/mol. The second-order valence-electron chi connectivity index (χ2n) is 4.11. The Bertz CT molecular complexity index is 641. The lowest BCUT2D eigenvalue weighted by Gasteiger charge is -2.08. The number of aryl methyl sites for hydroxylation is 1. The summed E-state index contributed by atoms with van der Waals surface area (Å²) in [4.78, 5) is 15.2. The lowest BCUT2D eigenvalue weighted by Crippen LogP contribution is -2.05. The zero-order valence-corrected chi connectivity index (χ0v) is 10.6. The lowest BCUT2D eigenvalue weighted by molar-refractivity contribution is 0.0697. The molecule has 0 spiro atoms. The van der Waals surface area contributed by atoms with E-state index in [9.17, 15) is 9.18 Å². The van der Waals surface area contributed by atoms with Gasteiger partial charge in [-0.05, 0) is 42.8 Å². The van der Waals surface area contributed by atoms with Gasteiger partial charge in [-0.15, -0.1) is 0 Å². The van der Waals surface area contributed by atoms with Crippen molar-refractivity contribution in [2.75, 3.05) is 12.4 Å². The fourth-order valence-electron chi connectivity index (χ4n) is 1.79. The third-order valence-corrected chi connectivity index (χ3v) is 2.82. The van der Waals surface area contributed by atoms with Crippen molar-refractivity contribution in [2.45, 2.75) is 6.92 Å². The highest BCUT2D eigenvalue weighted by molar-refractivity contribution is 5.93. The molecule has 0 radical (unpaired) electrons. The molecule has 0 saturated heterocycles. The second-order valence-corrected chi connectivity index (χ2v) is 4.11. The molecule has 2 rings (SSSR count). The van der Waals surface area contributed by atoms with Gasteiger partial charge in [0.2, 0.25) is 0 Å². The predicted octanol–water partition coefficient (Wildman–Crippen LogP) is 2.94. The first-order chi connectivity index (χ1) is 9.02. The Morgan fingerprint density at radius 2 is 2.05 bits per heavy atom. The second kappa shape index (κ2) is 5.06. The first-order valence-electron chi connectivity index (χ1n) is 5.71. The molecule has 0 amide bonds. The van der Waals surface area contributed by atoms with Crippen molar-refractivity contribution in [3.8, 4) is 11.3 Å². The number of pyridine rings is 1. The highest BCUT2D eigenvalue weighted by Gasteiger charge is 2.12. The fourth-order valence-corrected chi connectivity index (χ4v) is 1.79. The molecule has 0 aliphatic heterocycles. The Labute approximate surface area is 109 Å². The number of carboxylic acid groups (broad SMARTS) is 1. The zero-order chi connectivity index (χ0) is 14.0. The van der Waals surface area contributed by atoms with Gasteiger partial charge in [0.25, 0.3) is 0 Å². The summed E-state index contributed by atoms with van der Waals surface area (Å²) < 4.78 is 13.2. The van der Waals surface area contributed by atoms with E-state index in [0.29, 0.717) is 11.3 Å². The van der Waals surface area contributed by atoms with E-state index in [1.165, 1.54) is 12.1 Å². The molecule has 19 heavy (non-hydrogen) atoms. The number of aromatic carboxylic acids is 1. The monoisotopic (exact) mass is 260 g/mol. The van der Waals surface area contributed by atoms with Crippen LogP contribution in [0.5, 0.6) is 0 Å². The van der Waals surface area contributed by atoms with Gasteiger partial charge >= 0.3 is 5.97 Å². The van der Waals surface area contributed by atoms with Crippen molar-refractivity contribution in [3.05, 3.63) is 47.3 Å². The lowest BCUT2D eigenvalue weighted by atomic mass is 10.1. The van der Waals surface area contributed by atoms with Crippen LogP contribution in [0, 0.1) is 12.7 Å². The normalized spacial score (nSPS) is 10.3. The first-order valence-corrected chi connectivity index (χ1v) is 5.71. The van der Waals surface area contributed by atoms with E-state index in [1.807, 2.05) is 0 Å². The molecule has 0 saturated carbocycles. The third kappa shape index (κ3) is 2.54. The highest BCUT2D eigenvalue weighted by Crippen LogP contribution is 2.23. The number of rotatable bonds is 3. The number of hydrogen-bond acceptors (Lipinski definition) is 3. The number of anilines is 1. The van der Waals surface area contributed by atoms with E-state index in [4.69, 9.17) is 5.11 Å². The van der Waals surface area contributed by atoms with Crippen molar-refractivity contribution in [2.24, 2.45) is 0 Å². The molecule has 0 aliphatic carbocycles. The van der Waals surface area contributed by atoms with E-state index in [2.05, 4.69) is 10.3 Å². The average molecular weight is 260 g/mol. The van der Waals surface area contributed by atoms with Crippen LogP contribution in [-0.2, 0) is 0 Å². The molecule has 5 heteroatoms. The Morgan fingerprint density at radius 3 is 2.63 bits per heavy atom. The molecule has 0 aliphatic rings. The van der Waals surface area contributed by atoms with Gasteiger partial charge in [0.1, 0.15) is 17.2 Å². The number of nitrogens with zero attached hydrogens (tertiary/aromatic N) is 1. The summed E-state index contributed by atoms with van der Waals surface area (Å²) >= 11 is 0. The summed E-state index contributed by atoms with van der Waals surface area (Å²) in [6, 6.07) is 7.75. The Kier molecular flexibility index (Phi) is 3.46. The van der Waals surface area contributed by atoms with E-state index >= 15 is 0 Å². The maximum absolute atomic E-state index is 13.2. The van der Waals surface area contributed by atoms with Crippen LogP contribution in [0.25, 0.3) is 11.3 Å². The Morgan fingerprint density at radius 1 is 1.32 bits per heavy atom. The Balaban J connectivity index is 2.51. The smallest absolute Gasteiger partial charge is 0.339 e. The summed E-state index contributed by atoms with van der Waals surface area (Å²) in [5.41, 5.74) is 1.96. The number of aromatic nitrogens is 1.